The number of aromatic nitrogens is 1. The SMILES string of the molecule is C/C(COc1c(C)cc(Cl)nc1-c1ccc(F)cc1)=N\[S@@+]([O-])C(C)(C)C. The monoisotopic (exact) mass is 396 g/mol. The summed E-state index contributed by atoms with van der Waals surface area (Å²) in [7, 11) is 0. The van der Waals surface area contributed by atoms with Crippen molar-refractivity contribution in [1.29, 1.82) is 0 Å². The lowest BCUT2D eigenvalue weighted by atomic mass is 10.1. The van der Waals surface area contributed by atoms with Crippen molar-refractivity contribution in [2.45, 2.75) is 39.4 Å². The summed E-state index contributed by atoms with van der Waals surface area (Å²) in [4.78, 5) is 4.33. The first-order chi connectivity index (χ1) is 12.1. The normalized spacial score (nSPS) is 13.6. The van der Waals surface area contributed by atoms with Gasteiger partial charge in [0.2, 0.25) is 0 Å². The van der Waals surface area contributed by atoms with Crippen LogP contribution in [0.3, 0.4) is 0 Å². The minimum Gasteiger partial charge on any atom is -0.591 e. The summed E-state index contributed by atoms with van der Waals surface area (Å²) < 4.78 is 35.0. The van der Waals surface area contributed by atoms with Crippen molar-refractivity contribution in [3.8, 4) is 17.0 Å². The van der Waals surface area contributed by atoms with E-state index in [9.17, 15) is 8.94 Å². The average molecular weight is 397 g/mol. The summed E-state index contributed by atoms with van der Waals surface area (Å²) in [5.41, 5.74) is 2.63. The molecule has 1 atom stereocenters. The zero-order chi connectivity index (χ0) is 19.5. The summed E-state index contributed by atoms with van der Waals surface area (Å²) in [5.74, 6) is 0.208. The highest BCUT2D eigenvalue weighted by atomic mass is 35.5. The van der Waals surface area contributed by atoms with Gasteiger partial charge in [0.1, 0.15) is 50.8 Å². The zero-order valence-corrected chi connectivity index (χ0v) is 17.0. The van der Waals surface area contributed by atoms with Crippen molar-refractivity contribution in [2.75, 3.05) is 6.61 Å². The van der Waals surface area contributed by atoms with Gasteiger partial charge >= 0.3 is 0 Å². The van der Waals surface area contributed by atoms with Crippen LogP contribution in [-0.4, -0.2) is 26.6 Å². The van der Waals surface area contributed by atoms with Gasteiger partial charge in [-0.3, -0.25) is 0 Å². The van der Waals surface area contributed by atoms with Crippen molar-refractivity contribution in [2.24, 2.45) is 4.40 Å². The van der Waals surface area contributed by atoms with E-state index in [1.54, 1.807) is 25.1 Å². The first-order valence-electron chi connectivity index (χ1n) is 8.10. The largest absolute Gasteiger partial charge is 0.591 e. The maximum absolute atomic E-state index is 13.2. The number of nitrogens with zero attached hydrogens (tertiary/aromatic N) is 2. The lowest BCUT2D eigenvalue weighted by Crippen LogP contribution is -2.27. The van der Waals surface area contributed by atoms with Gasteiger partial charge in [-0.25, -0.2) is 9.37 Å². The molecule has 0 aliphatic carbocycles. The molecule has 0 fully saturated rings. The highest BCUT2D eigenvalue weighted by molar-refractivity contribution is 7.91. The Hall–Kier alpha value is -1.63. The quantitative estimate of drug-likeness (QED) is 0.399. The van der Waals surface area contributed by atoms with Crippen molar-refractivity contribution >= 4 is 28.7 Å². The fourth-order valence-corrected chi connectivity index (χ4v) is 2.95. The number of hydrogen-bond acceptors (Lipinski definition) is 4. The maximum atomic E-state index is 13.2. The number of benzene rings is 1. The molecule has 0 aliphatic heterocycles. The molecule has 26 heavy (non-hydrogen) atoms. The van der Waals surface area contributed by atoms with E-state index in [-0.39, 0.29) is 12.4 Å². The van der Waals surface area contributed by atoms with Gasteiger partial charge < -0.3 is 9.29 Å². The summed E-state index contributed by atoms with van der Waals surface area (Å²) in [6.45, 7) is 9.37. The molecule has 140 valence electrons. The first kappa shape index (κ1) is 20.7. The van der Waals surface area contributed by atoms with E-state index in [1.165, 1.54) is 12.1 Å². The lowest BCUT2D eigenvalue weighted by molar-refractivity contribution is 0.373. The first-order valence-corrected chi connectivity index (χ1v) is 9.58. The molecule has 1 heterocycles. The van der Waals surface area contributed by atoms with Crippen LogP contribution in [0, 0.1) is 12.7 Å². The molecule has 0 saturated heterocycles. The van der Waals surface area contributed by atoms with Gasteiger partial charge in [-0.2, -0.15) is 0 Å². The van der Waals surface area contributed by atoms with E-state index >= 15 is 0 Å². The van der Waals surface area contributed by atoms with E-state index in [4.69, 9.17) is 16.3 Å². The predicted molar refractivity (Wildman–Crippen MR) is 106 cm³/mol. The van der Waals surface area contributed by atoms with E-state index in [0.717, 1.165) is 5.56 Å². The smallest absolute Gasteiger partial charge is 0.149 e. The Balaban J connectivity index is 2.29. The molecule has 0 spiro atoms. The molecule has 0 amide bonds. The third-order valence-corrected chi connectivity index (χ3v) is 5.15. The average Bonchev–Trinajstić information content (AvgIpc) is 2.53. The van der Waals surface area contributed by atoms with Gasteiger partial charge in [0.15, 0.2) is 0 Å². The van der Waals surface area contributed by atoms with Gasteiger partial charge in [-0.1, -0.05) is 16.0 Å². The number of hydrogen-bond donors (Lipinski definition) is 0. The van der Waals surface area contributed by atoms with Crippen LogP contribution in [0.1, 0.15) is 33.3 Å². The molecule has 0 unspecified atom stereocenters. The summed E-state index contributed by atoms with van der Waals surface area (Å²) in [5, 5.41) is 0.327. The topological polar surface area (TPSA) is 57.5 Å². The van der Waals surface area contributed by atoms with Crippen LogP contribution in [-0.2, 0) is 11.4 Å². The predicted octanol–water partition coefficient (Wildman–Crippen LogP) is 5.15. The number of ether oxygens (including phenoxy) is 1. The van der Waals surface area contributed by atoms with Crippen molar-refractivity contribution in [1.82, 2.24) is 4.98 Å². The molecule has 1 aromatic carbocycles. The Kier molecular flexibility index (Phi) is 6.66. The zero-order valence-electron chi connectivity index (χ0n) is 15.5. The van der Waals surface area contributed by atoms with E-state index in [1.807, 2.05) is 27.7 Å². The molecule has 0 radical (unpaired) electrons. The molecule has 1 aromatic heterocycles. The van der Waals surface area contributed by atoms with Crippen LogP contribution in [0.2, 0.25) is 5.15 Å². The Bertz CT molecular complexity index is 804. The second kappa shape index (κ2) is 8.37. The third kappa shape index (κ3) is 5.43. The molecule has 0 bridgehead atoms. The van der Waals surface area contributed by atoms with E-state index < -0.39 is 16.1 Å². The minimum atomic E-state index is -1.35. The highest BCUT2D eigenvalue weighted by Crippen LogP contribution is 2.33. The van der Waals surface area contributed by atoms with Crippen LogP contribution in [0.25, 0.3) is 11.3 Å². The fourth-order valence-electron chi connectivity index (χ4n) is 2.09. The number of pyridine rings is 1. The molecule has 0 saturated carbocycles. The van der Waals surface area contributed by atoms with Crippen LogP contribution in [0.4, 0.5) is 4.39 Å². The standard InChI is InChI=1S/C19H22ClFN2O2S/c1-12-10-16(20)22-17(14-6-8-15(21)9-7-14)18(12)25-11-13(2)23-26(24)19(3,4)5/h6-10H,11H2,1-5H3/b23-13+/t26-/m0/s1. The van der Waals surface area contributed by atoms with Gasteiger partial charge in [-0.15, -0.1) is 0 Å². The lowest BCUT2D eigenvalue weighted by Gasteiger charge is -2.19. The number of halogens is 2. The van der Waals surface area contributed by atoms with Crippen molar-refractivity contribution in [3.63, 3.8) is 0 Å². The Labute approximate surface area is 161 Å². The van der Waals surface area contributed by atoms with Crippen LogP contribution >= 0.6 is 11.6 Å². The Morgan fingerprint density at radius 2 is 1.92 bits per heavy atom. The highest BCUT2D eigenvalue weighted by Gasteiger charge is 2.26. The van der Waals surface area contributed by atoms with Crippen LogP contribution in [0.15, 0.2) is 34.7 Å². The molecule has 7 heteroatoms. The number of rotatable bonds is 5. The molecule has 2 aromatic rings. The van der Waals surface area contributed by atoms with Gasteiger partial charge in [0.05, 0.1) is 0 Å². The maximum Gasteiger partial charge on any atom is 0.149 e. The summed E-state index contributed by atoms with van der Waals surface area (Å²) >= 11 is 4.73. The molecule has 0 N–H and O–H groups in total. The van der Waals surface area contributed by atoms with Crippen molar-refractivity contribution < 1.29 is 13.7 Å². The third-order valence-electron chi connectivity index (χ3n) is 3.43. The van der Waals surface area contributed by atoms with Gasteiger partial charge in [-0.05, 0) is 70.5 Å². The molecular weight excluding hydrogens is 375 g/mol. The van der Waals surface area contributed by atoms with Gasteiger partial charge in [0.25, 0.3) is 0 Å². The van der Waals surface area contributed by atoms with Crippen LogP contribution < -0.4 is 4.74 Å². The second-order valence-electron chi connectivity index (χ2n) is 6.92. The van der Waals surface area contributed by atoms with E-state index in [2.05, 4.69) is 9.38 Å². The van der Waals surface area contributed by atoms with E-state index in [0.29, 0.717) is 27.9 Å². The molecule has 4 nitrogen and oxygen atoms in total. The second-order valence-corrected chi connectivity index (χ2v) is 9.22. The summed E-state index contributed by atoms with van der Waals surface area (Å²) in [6, 6.07) is 7.65. The molecule has 2 rings (SSSR count). The Morgan fingerprint density at radius 1 is 1.31 bits per heavy atom. The fraction of sp³-hybridized carbons (Fsp3) is 0.368. The summed E-state index contributed by atoms with van der Waals surface area (Å²) in [6.07, 6.45) is 0. The Morgan fingerprint density at radius 3 is 2.50 bits per heavy atom. The van der Waals surface area contributed by atoms with Crippen LogP contribution in [0.5, 0.6) is 5.75 Å². The molecular formula is C19H22ClFN2O2S. The minimum absolute atomic E-state index is 0.167. The molecule has 0 aliphatic rings. The van der Waals surface area contributed by atoms with Crippen molar-refractivity contribution in [3.05, 3.63) is 46.9 Å². The number of aryl methyl sites for hydroxylation is 1. The van der Waals surface area contributed by atoms with Gasteiger partial charge in [0, 0.05) is 5.56 Å².